The number of unbranched alkanes of at least 4 members (excludes halogenated alkanes) is 45. The molecule has 0 fully saturated rings. The quantitative estimate of drug-likeness (QED) is 0.0222. The zero-order chi connectivity index (χ0) is 67.7. The van der Waals surface area contributed by atoms with E-state index in [0.29, 0.717) is 31.6 Å². The van der Waals surface area contributed by atoms with E-state index in [2.05, 4.69) is 34.6 Å². The minimum atomic E-state index is -4.95. The number of phosphoric ester groups is 2. The molecule has 2 unspecified atom stereocenters. The Labute approximate surface area is 562 Å². The number of esters is 4. The monoisotopic (exact) mass is 1350 g/mol. The van der Waals surface area contributed by atoms with E-state index < -0.39 is 97.5 Å². The van der Waals surface area contributed by atoms with Gasteiger partial charge in [-0.1, -0.05) is 330 Å². The SMILES string of the molecule is CCCCCCCCCCCCCCCCCCC(=O)O[C@H](COC(=O)CCCCCCCCCCCCCCC)COP(=O)(O)OC[C@@H](O)COP(=O)(O)OC[C@@H](COC(=O)CCCCCCCCCC(C)C)OC(=O)CCCCCCCCCCCCCCC. The van der Waals surface area contributed by atoms with Gasteiger partial charge in [-0.05, 0) is 31.6 Å². The van der Waals surface area contributed by atoms with E-state index in [9.17, 15) is 43.2 Å². The predicted octanol–water partition coefficient (Wildman–Crippen LogP) is 21.3. The molecule has 0 aliphatic heterocycles. The Kier molecular flexibility index (Phi) is 64.9. The summed E-state index contributed by atoms with van der Waals surface area (Å²) in [4.78, 5) is 72.7. The second-order valence-corrected chi connectivity index (χ2v) is 29.7. The molecule has 0 radical (unpaired) electrons. The van der Waals surface area contributed by atoms with Crippen molar-refractivity contribution in [2.45, 2.75) is 400 Å². The molecule has 19 heteroatoms. The topological polar surface area (TPSA) is 237 Å². The van der Waals surface area contributed by atoms with Gasteiger partial charge in [0, 0.05) is 25.7 Å². The predicted molar refractivity (Wildman–Crippen MR) is 372 cm³/mol. The minimum Gasteiger partial charge on any atom is -0.462 e. The van der Waals surface area contributed by atoms with Crippen LogP contribution >= 0.6 is 15.6 Å². The lowest BCUT2D eigenvalue weighted by Crippen LogP contribution is -2.30. The van der Waals surface area contributed by atoms with Crippen molar-refractivity contribution in [2.75, 3.05) is 39.6 Å². The van der Waals surface area contributed by atoms with Gasteiger partial charge in [0.2, 0.25) is 0 Å². The molecule has 0 heterocycles. The van der Waals surface area contributed by atoms with E-state index >= 15 is 0 Å². The van der Waals surface area contributed by atoms with Gasteiger partial charge in [0.15, 0.2) is 12.2 Å². The van der Waals surface area contributed by atoms with Gasteiger partial charge in [0.1, 0.15) is 19.3 Å². The molecule has 0 bridgehead atoms. The van der Waals surface area contributed by atoms with Gasteiger partial charge in [-0.3, -0.25) is 37.3 Å². The molecular formula is C73H142O17P2. The van der Waals surface area contributed by atoms with Gasteiger partial charge < -0.3 is 33.8 Å². The lowest BCUT2D eigenvalue weighted by Gasteiger charge is -2.21. The average Bonchev–Trinajstić information content (AvgIpc) is 1.58. The first-order valence-corrected chi connectivity index (χ1v) is 41.1. The highest BCUT2D eigenvalue weighted by Gasteiger charge is 2.30. The summed E-state index contributed by atoms with van der Waals surface area (Å²) >= 11 is 0. The summed E-state index contributed by atoms with van der Waals surface area (Å²) in [5, 5.41) is 10.6. The fourth-order valence-corrected chi connectivity index (χ4v) is 12.8. The van der Waals surface area contributed by atoms with Gasteiger partial charge >= 0.3 is 39.5 Å². The highest BCUT2D eigenvalue weighted by Crippen LogP contribution is 2.45. The third-order valence-corrected chi connectivity index (χ3v) is 18.9. The second kappa shape index (κ2) is 66.3. The van der Waals surface area contributed by atoms with E-state index in [1.54, 1.807) is 0 Å². The van der Waals surface area contributed by atoms with Gasteiger partial charge in [-0.25, -0.2) is 9.13 Å². The summed E-state index contributed by atoms with van der Waals surface area (Å²) in [7, 11) is -9.90. The Bertz CT molecular complexity index is 1770. The number of aliphatic hydroxyl groups excluding tert-OH is 1. The van der Waals surface area contributed by atoms with Crippen molar-refractivity contribution in [3.05, 3.63) is 0 Å². The lowest BCUT2D eigenvalue weighted by atomic mass is 10.0. The molecular weight excluding hydrogens is 1210 g/mol. The molecule has 0 aliphatic carbocycles. The maximum Gasteiger partial charge on any atom is 0.472 e. The number of carbonyl (C=O) groups excluding carboxylic acids is 4. The van der Waals surface area contributed by atoms with Crippen molar-refractivity contribution in [1.82, 2.24) is 0 Å². The maximum absolute atomic E-state index is 13.1. The van der Waals surface area contributed by atoms with E-state index in [0.717, 1.165) is 96.3 Å². The molecule has 0 aromatic heterocycles. The van der Waals surface area contributed by atoms with Crippen molar-refractivity contribution in [3.8, 4) is 0 Å². The van der Waals surface area contributed by atoms with Crippen LogP contribution in [0.2, 0.25) is 0 Å². The van der Waals surface area contributed by atoms with Crippen molar-refractivity contribution in [3.63, 3.8) is 0 Å². The molecule has 546 valence electrons. The molecule has 92 heavy (non-hydrogen) atoms. The first-order valence-electron chi connectivity index (χ1n) is 38.1. The summed E-state index contributed by atoms with van der Waals surface area (Å²) in [5.41, 5.74) is 0. The van der Waals surface area contributed by atoms with E-state index in [4.69, 9.17) is 37.0 Å². The number of ether oxygens (including phenoxy) is 4. The molecule has 0 aromatic rings. The van der Waals surface area contributed by atoms with Crippen LogP contribution in [0.4, 0.5) is 0 Å². The van der Waals surface area contributed by atoms with Gasteiger partial charge in [0.05, 0.1) is 26.4 Å². The molecule has 0 aromatic carbocycles. The zero-order valence-corrected chi connectivity index (χ0v) is 61.5. The van der Waals surface area contributed by atoms with E-state index in [1.165, 1.54) is 199 Å². The molecule has 0 aliphatic rings. The number of aliphatic hydroxyl groups is 1. The van der Waals surface area contributed by atoms with E-state index in [-0.39, 0.29) is 25.7 Å². The largest absolute Gasteiger partial charge is 0.472 e. The molecule has 0 spiro atoms. The van der Waals surface area contributed by atoms with Crippen LogP contribution in [0, 0.1) is 5.92 Å². The smallest absolute Gasteiger partial charge is 0.462 e. The zero-order valence-electron chi connectivity index (χ0n) is 59.7. The molecule has 5 atom stereocenters. The molecule has 17 nitrogen and oxygen atoms in total. The summed E-state index contributed by atoms with van der Waals surface area (Å²) in [6.45, 7) is 7.22. The van der Waals surface area contributed by atoms with Gasteiger partial charge in [0.25, 0.3) is 0 Å². The third-order valence-electron chi connectivity index (χ3n) is 17.0. The summed E-state index contributed by atoms with van der Waals surface area (Å²) in [6.07, 6.45) is 54.0. The first-order chi connectivity index (χ1) is 44.5. The fourth-order valence-electron chi connectivity index (χ4n) is 11.2. The fraction of sp³-hybridized carbons (Fsp3) is 0.945. The number of carbonyl (C=O) groups is 4. The molecule has 0 amide bonds. The summed E-state index contributed by atoms with van der Waals surface area (Å²) < 4.78 is 68.4. The number of hydrogen-bond acceptors (Lipinski definition) is 15. The maximum atomic E-state index is 13.1. The van der Waals surface area contributed by atoms with Crippen LogP contribution in [0.3, 0.4) is 0 Å². The summed E-state index contributed by atoms with van der Waals surface area (Å²) in [6, 6.07) is 0. The third kappa shape index (κ3) is 66.7. The van der Waals surface area contributed by atoms with E-state index in [1.807, 2.05) is 0 Å². The van der Waals surface area contributed by atoms with Crippen LogP contribution < -0.4 is 0 Å². The minimum absolute atomic E-state index is 0.107. The number of phosphoric acid groups is 2. The van der Waals surface area contributed by atoms with Gasteiger partial charge in [-0.15, -0.1) is 0 Å². The van der Waals surface area contributed by atoms with Crippen LogP contribution in [0.15, 0.2) is 0 Å². The molecule has 3 N–H and O–H groups in total. The van der Waals surface area contributed by atoms with Crippen LogP contribution in [0.25, 0.3) is 0 Å². The molecule has 0 saturated heterocycles. The molecule has 0 rings (SSSR count). The Hall–Kier alpha value is -1.94. The Morgan fingerprint density at radius 1 is 0.293 bits per heavy atom. The number of hydrogen-bond donors (Lipinski definition) is 3. The average molecular weight is 1350 g/mol. The highest BCUT2D eigenvalue weighted by molar-refractivity contribution is 7.47. The standard InChI is InChI=1S/C73H142O17P2/c1-6-9-12-15-18-21-24-27-28-29-32-35-38-43-49-54-59-73(78)89-68(62-83-70(75)56-51-46-41-36-33-30-25-22-19-16-13-10-7-2)64-87-91(79,80)85-60-67(74)61-86-92(81,82)88-65-69(63-84-71(76)57-52-47-44-39-40-45-50-55-66(4)5)90-72(77)58-53-48-42-37-34-31-26-23-20-17-14-11-8-3/h66-69,74H,6-65H2,1-5H3,(H,79,80)(H,81,82)/t67-,68-,69-/m1/s1. The highest BCUT2D eigenvalue weighted by atomic mass is 31.2. The van der Waals surface area contributed by atoms with Crippen molar-refractivity contribution in [1.29, 1.82) is 0 Å². The van der Waals surface area contributed by atoms with Crippen molar-refractivity contribution in [2.24, 2.45) is 5.92 Å². The van der Waals surface area contributed by atoms with Crippen molar-refractivity contribution >= 4 is 39.5 Å². The lowest BCUT2D eigenvalue weighted by molar-refractivity contribution is -0.161. The summed E-state index contributed by atoms with van der Waals surface area (Å²) in [5.74, 6) is -1.41. The Morgan fingerprint density at radius 3 is 0.739 bits per heavy atom. The van der Waals surface area contributed by atoms with Crippen LogP contribution in [-0.2, 0) is 65.4 Å². The number of rotatable bonds is 73. The first kappa shape index (κ1) is 90.1. The second-order valence-electron chi connectivity index (χ2n) is 26.8. The molecule has 0 saturated carbocycles. The van der Waals surface area contributed by atoms with Gasteiger partial charge in [-0.2, -0.15) is 0 Å². The normalized spacial score (nSPS) is 14.0. The Morgan fingerprint density at radius 2 is 0.500 bits per heavy atom. The Balaban J connectivity index is 5.24. The van der Waals surface area contributed by atoms with Crippen molar-refractivity contribution < 1.29 is 80.2 Å². The van der Waals surface area contributed by atoms with Crippen LogP contribution in [-0.4, -0.2) is 96.7 Å². The van der Waals surface area contributed by atoms with Crippen LogP contribution in [0.1, 0.15) is 381 Å². The van der Waals surface area contributed by atoms with Crippen LogP contribution in [0.5, 0.6) is 0 Å².